The van der Waals surface area contributed by atoms with Crippen LogP contribution in [0.15, 0.2) is 48.8 Å². The molecule has 1 aromatic carbocycles. The van der Waals surface area contributed by atoms with Gasteiger partial charge in [0.25, 0.3) is 0 Å². The molecule has 0 aliphatic rings. The summed E-state index contributed by atoms with van der Waals surface area (Å²) in [7, 11) is 0. The number of pyridine rings is 1. The number of hydrogen-bond donors (Lipinski definition) is 0. The molecule has 0 unspecified atom stereocenters. The predicted octanol–water partition coefficient (Wildman–Crippen LogP) is 3.91. The highest BCUT2D eigenvalue weighted by atomic mass is 19.3. The quantitative estimate of drug-likeness (QED) is 0.724. The second-order valence-corrected chi connectivity index (χ2v) is 4.47. The van der Waals surface area contributed by atoms with Gasteiger partial charge in [0.05, 0.1) is 5.69 Å². The zero-order valence-electron chi connectivity index (χ0n) is 10.8. The zero-order chi connectivity index (χ0) is 14.1. The molecule has 0 saturated heterocycles. The molecular formula is C15H12F2N2O. The Morgan fingerprint density at radius 2 is 1.90 bits per heavy atom. The minimum atomic E-state index is -2.85. The lowest BCUT2D eigenvalue weighted by atomic mass is 10.1. The van der Waals surface area contributed by atoms with Crippen LogP contribution < -0.4 is 4.74 Å². The summed E-state index contributed by atoms with van der Waals surface area (Å²) in [5, 5.41) is 0. The van der Waals surface area contributed by atoms with Gasteiger partial charge in [-0.25, -0.2) is 4.98 Å². The van der Waals surface area contributed by atoms with Gasteiger partial charge in [-0.15, -0.1) is 0 Å². The van der Waals surface area contributed by atoms with Gasteiger partial charge >= 0.3 is 6.61 Å². The van der Waals surface area contributed by atoms with Gasteiger partial charge < -0.3 is 9.14 Å². The number of hydrogen-bond acceptors (Lipinski definition) is 2. The first-order valence-corrected chi connectivity index (χ1v) is 6.13. The Morgan fingerprint density at radius 1 is 1.10 bits per heavy atom. The minimum absolute atomic E-state index is 0.127. The SMILES string of the molecule is Cc1ccc2nc(-c3ccccc3OC(F)F)cn2c1. The Balaban J connectivity index is 2.10. The molecule has 0 bridgehead atoms. The topological polar surface area (TPSA) is 26.5 Å². The zero-order valence-corrected chi connectivity index (χ0v) is 10.8. The van der Waals surface area contributed by atoms with Crippen LogP contribution in [-0.4, -0.2) is 16.0 Å². The summed E-state index contributed by atoms with van der Waals surface area (Å²) < 4.78 is 31.3. The number of nitrogens with zero attached hydrogens (tertiary/aromatic N) is 2. The van der Waals surface area contributed by atoms with E-state index in [1.807, 2.05) is 29.7 Å². The van der Waals surface area contributed by atoms with Gasteiger partial charge in [0, 0.05) is 18.0 Å². The van der Waals surface area contributed by atoms with Crippen LogP contribution >= 0.6 is 0 Å². The summed E-state index contributed by atoms with van der Waals surface area (Å²) in [6.45, 7) is -0.872. The fourth-order valence-corrected chi connectivity index (χ4v) is 2.11. The molecule has 0 saturated carbocycles. The van der Waals surface area contributed by atoms with E-state index in [4.69, 9.17) is 0 Å². The number of aromatic nitrogens is 2. The van der Waals surface area contributed by atoms with E-state index in [-0.39, 0.29) is 5.75 Å². The van der Waals surface area contributed by atoms with E-state index in [2.05, 4.69) is 9.72 Å². The van der Waals surface area contributed by atoms with Gasteiger partial charge in [-0.1, -0.05) is 18.2 Å². The third-order valence-electron chi connectivity index (χ3n) is 2.98. The summed E-state index contributed by atoms with van der Waals surface area (Å²) >= 11 is 0. The van der Waals surface area contributed by atoms with Crippen molar-refractivity contribution in [3.63, 3.8) is 0 Å². The molecule has 3 aromatic rings. The first-order valence-electron chi connectivity index (χ1n) is 6.13. The highest BCUT2D eigenvalue weighted by Gasteiger charge is 2.13. The average Bonchev–Trinajstić information content (AvgIpc) is 2.81. The van der Waals surface area contributed by atoms with Gasteiger partial charge in [0.1, 0.15) is 11.4 Å². The van der Waals surface area contributed by atoms with Crippen LogP contribution in [0.5, 0.6) is 5.75 Å². The highest BCUT2D eigenvalue weighted by molar-refractivity contribution is 5.69. The lowest BCUT2D eigenvalue weighted by Crippen LogP contribution is -2.03. The van der Waals surface area contributed by atoms with Crippen molar-refractivity contribution in [2.75, 3.05) is 0 Å². The van der Waals surface area contributed by atoms with E-state index in [0.717, 1.165) is 11.2 Å². The van der Waals surface area contributed by atoms with Crippen LogP contribution in [0.4, 0.5) is 8.78 Å². The van der Waals surface area contributed by atoms with Gasteiger partial charge in [0.15, 0.2) is 0 Å². The summed E-state index contributed by atoms with van der Waals surface area (Å²) in [6.07, 6.45) is 3.73. The number of fused-ring (bicyclic) bond motifs is 1. The summed E-state index contributed by atoms with van der Waals surface area (Å²) in [5.74, 6) is 0.127. The number of imidazole rings is 1. The number of halogens is 2. The molecule has 0 atom stereocenters. The number of aryl methyl sites for hydroxylation is 1. The van der Waals surface area contributed by atoms with E-state index in [1.165, 1.54) is 6.07 Å². The molecule has 3 nitrogen and oxygen atoms in total. The molecule has 0 radical (unpaired) electrons. The Morgan fingerprint density at radius 3 is 2.70 bits per heavy atom. The van der Waals surface area contributed by atoms with E-state index in [1.54, 1.807) is 24.4 Å². The third kappa shape index (κ3) is 2.34. The van der Waals surface area contributed by atoms with Crippen LogP contribution in [0.25, 0.3) is 16.9 Å². The van der Waals surface area contributed by atoms with E-state index >= 15 is 0 Å². The van der Waals surface area contributed by atoms with Crippen molar-refractivity contribution in [1.82, 2.24) is 9.38 Å². The van der Waals surface area contributed by atoms with Gasteiger partial charge in [0.2, 0.25) is 0 Å². The Hall–Kier alpha value is -2.43. The fourth-order valence-electron chi connectivity index (χ4n) is 2.11. The van der Waals surface area contributed by atoms with Crippen molar-refractivity contribution in [1.29, 1.82) is 0 Å². The van der Waals surface area contributed by atoms with Crippen LogP contribution in [0.1, 0.15) is 5.56 Å². The van der Waals surface area contributed by atoms with Crippen molar-refractivity contribution < 1.29 is 13.5 Å². The van der Waals surface area contributed by atoms with Gasteiger partial charge in [-0.3, -0.25) is 0 Å². The monoisotopic (exact) mass is 274 g/mol. The van der Waals surface area contributed by atoms with Crippen LogP contribution in [0.3, 0.4) is 0 Å². The van der Waals surface area contributed by atoms with Crippen molar-refractivity contribution in [2.24, 2.45) is 0 Å². The maximum Gasteiger partial charge on any atom is 0.387 e. The van der Waals surface area contributed by atoms with E-state index < -0.39 is 6.61 Å². The molecule has 0 amide bonds. The standard InChI is InChI=1S/C15H12F2N2O/c1-10-6-7-14-18-12(9-19(14)8-10)11-4-2-3-5-13(11)20-15(16)17/h2-9,15H,1H3. The molecule has 102 valence electrons. The smallest absolute Gasteiger partial charge is 0.387 e. The molecule has 2 heterocycles. The van der Waals surface area contributed by atoms with Gasteiger partial charge in [-0.05, 0) is 30.7 Å². The van der Waals surface area contributed by atoms with Crippen molar-refractivity contribution in [3.05, 3.63) is 54.4 Å². The maximum atomic E-state index is 12.4. The molecule has 0 N–H and O–H groups in total. The summed E-state index contributed by atoms with van der Waals surface area (Å²) in [5.41, 5.74) is 3.01. The normalized spacial score (nSPS) is 11.2. The number of para-hydroxylation sites is 1. The summed E-state index contributed by atoms with van der Waals surface area (Å²) in [4.78, 5) is 4.43. The Kier molecular flexibility index (Phi) is 3.10. The molecule has 3 rings (SSSR count). The Bertz CT molecular complexity index is 752. The molecule has 20 heavy (non-hydrogen) atoms. The molecule has 0 fully saturated rings. The number of rotatable bonds is 3. The minimum Gasteiger partial charge on any atom is -0.434 e. The van der Waals surface area contributed by atoms with Crippen LogP contribution in [0.2, 0.25) is 0 Å². The Labute approximate surface area is 114 Å². The lowest BCUT2D eigenvalue weighted by molar-refractivity contribution is -0.0494. The first-order chi connectivity index (χ1) is 9.63. The highest BCUT2D eigenvalue weighted by Crippen LogP contribution is 2.30. The largest absolute Gasteiger partial charge is 0.434 e. The summed E-state index contributed by atoms with van der Waals surface area (Å²) in [6, 6.07) is 10.5. The maximum absolute atomic E-state index is 12.4. The lowest BCUT2D eigenvalue weighted by Gasteiger charge is -2.08. The van der Waals surface area contributed by atoms with Crippen molar-refractivity contribution in [3.8, 4) is 17.0 Å². The molecule has 2 aromatic heterocycles. The molecule has 0 aliphatic carbocycles. The number of ether oxygens (including phenoxy) is 1. The van der Waals surface area contributed by atoms with Crippen molar-refractivity contribution >= 4 is 5.65 Å². The van der Waals surface area contributed by atoms with E-state index in [0.29, 0.717) is 11.3 Å². The molecule has 0 spiro atoms. The van der Waals surface area contributed by atoms with Crippen LogP contribution in [-0.2, 0) is 0 Å². The van der Waals surface area contributed by atoms with E-state index in [9.17, 15) is 8.78 Å². The third-order valence-corrected chi connectivity index (χ3v) is 2.98. The molecule has 0 aliphatic heterocycles. The predicted molar refractivity (Wildman–Crippen MR) is 72.0 cm³/mol. The fraction of sp³-hybridized carbons (Fsp3) is 0.133. The first kappa shape index (κ1) is 12.6. The number of alkyl halides is 2. The second-order valence-electron chi connectivity index (χ2n) is 4.47. The van der Waals surface area contributed by atoms with Crippen molar-refractivity contribution in [2.45, 2.75) is 13.5 Å². The average molecular weight is 274 g/mol. The second kappa shape index (κ2) is 4.92. The van der Waals surface area contributed by atoms with Gasteiger partial charge in [-0.2, -0.15) is 8.78 Å². The molecule has 5 heteroatoms. The molecular weight excluding hydrogens is 262 g/mol. The number of benzene rings is 1. The van der Waals surface area contributed by atoms with Crippen LogP contribution in [0, 0.1) is 6.92 Å².